The zero-order valence-corrected chi connectivity index (χ0v) is 15.1. The van der Waals surface area contributed by atoms with Crippen LogP contribution in [0.5, 0.6) is 0 Å². The lowest BCUT2D eigenvalue weighted by Gasteiger charge is -2.11. The van der Waals surface area contributed by atoms with E-state index in [1.807, 2.05) is 16.8 Å². The minimum absolute atomic E-state index is 0.0198. The van der Waals surface area contributed by atoms with Gasteiger partial charge in [0.15, 0.2) is 0 Å². The van der Waals surface area contributed by atoms with Crippen molar-refractivity contribution < 1.29 is 8.42 Å². The summed E-state index contributed by atoms with van der Waals surface area (Å²) >= 11 is 5.96. The largest absolute Gasteiger partial charge is 0.335 e. The highest BCUT2D eigenvalue weighted by atomic mass is 35.5. The summed E-state index contributed by atoms with van der Waals surface area (Å²) in [6.07, 6.45) is 4.26. The molecule has 2 rings (SSSR count). The number of imidazole rings is 1. The molecule has 0 unspecified atom stereocenters. The zero-order chi connectivity index (χ0) is 17.7. The topological polar surface area (TPSA) is 87.8 Å². The third-order valence-electron chi connectivity index (χ3n) is 3.48. The van der Waals surface area contributed by atoms with Crippen LogP contribution >= 0.6 is 11.6 Å². The third-order valence-corrected chi connectivity index (χ3v) is 5.43. The Morgan fingerprint density at radius 2 is 2.17 bits per heavy atom. The molecule has 1 heterocycles. The predicted octanol–water partition coefficient (Wildman–Crippen LogP) is 2.90. The first-order chi connectivity index (χ1) is 11.3. The quantitative estimate of drug-likeness (QED) is 0.763. The van der Waals surface area contributed by atoms with Crippen LogP contribution < -0.4 is 4.72 Å². The maximum atomic E-state index is 12.3. The Labute approximate surface area is 147 Å². The summed E-state index contributed by atoms with van der Waals surface area (Å²) in [6.45, 7) is 5.09. The molecular formula is C16H19ClN4O2S. The number of hydrogen-bond acceptors (Lipinski definition) is 4. The normalized spacial score (nSPS) is 11.6. The van der Waals surface area contributed by atoms with Crippen molar-refractivity contribution in [3.8, 4) is 6.07 Å². The van der Waals surface area contributed by atoms with Gasteiger partial charge in [0.1, 0.15) is 10.7 Å². The lowest BCUT2D eigenvalue weighted by atomic mass is 10.2. The Morgan fingerprint density at radius 1 is 1.42 bits per heavy atom. The highest BCUT2D eigenvalue weighted by Gasteiger charge is 2.17. The number of sulfonamides is 1. The molecule has 1 N–H and O–H groups in total. The van der Waals surface area contributed by atoms with E-state index >= 15 is 0 Å². The minimum Gasteiger partial charge on any atom is -0.335 e. The van der Waals surface area contributed by atoms with Gasteiger partial charge in [-0.1, -0.05) is 25.4 Å². The Bertz CT molecular complexity index is 853. The number of hydrogen-bond donors (Lipinski definition) is 1. The molecule has 0 atom stereocenters. The van der Waals surface area contributed by atoms with E-state index in [0.29, 0.717) is 24.4 Å². The first-order valence-corrected chi connectivity index (χ1v) is 9.41. The highest BCUT2D eigenvalue weighted by Crippen LogP contribution is 2.22. The van der Waals surface area contributed by atoms with Crippen LogP contribution in [0.2, 0.25) is 5.02 Å². The lowest BCUT2D eigenvalue weighted by Crippen LogP contribution is -2.26. The number of halogens is 1. The van der Waals surface area contributed by atoms with Crippen molar-refractivity contribution >= 4 is 21.6 Å². The number of nitriles is 1. The van der Waals surface area contributed by atoms with Crippen molar-refractivity contribution in [2.75, 3.05) is 6.54 Å². The summed E-state index contributed by atoms with van der Waals surface area (Å²) in [6, 6.07) is 6.04. The van der Waals surface area contributed by atoms with Crippen molar-refractivity contribution in [2.24, 2.45) is 0 Å². The van der Waals surface area contributed by atoms with Gasteiger partial charge in [-0.25, -0.2) is 18.1 Å². The number of aryl methyl sites for hydroxylation is 1. The highest BCUT2D eigenvalue weighted by molar-refractivity contribution is 7.89. The van der Waals surface area contributed by atoms with Crippen LogP contribution in [0.4, 0.5) is 0 Å². The summed E-state index contributed by atoms with van der Waals surface area (Å²) in [5, 5.41) is 8.84. The van der Waals surface area contributed by atoms with Crippen molar-refractivity contribution in [1.82, 2.24) is 14.3 Å². The van der Waals surface area contributed by atoms with E-state index in [4.69, 9.17) is 16.9 Å². The second kappa shape index (κ2) is 7.79. The molecule has 0 amide bonds. The minimum atomic E-state index is -3.70. The first kappa shape index (κ1) is 18.5. The van der Waals surface area contributed by atoms with E-state index in [9.17, 15) is 8.42 Å². The fraction of sp³-hybridized carbons (Fsp3) is 0.375. The number of aromatic nitrogens is 2. The zero-order valence-electron chi connectivity index (χ0n) is 13.5. The third kappa shape index (κ3) is 4.35. The first-order valence-electron chi connectivity index (χ1n) is 7.55. The van der Waals surface area contributed by atoms with E-state index in [-0.39, 0.29) is 16.5 Å². The van der Waals surface area contributed by atoms with Crippen molar-refractivity contribution in [3.63, 3.8) is 0 Å². The number of nitrogens with zero attached hydrogens (tertiary/aromatic N) is 3. The number of rotatable bonds is 7. The van der Waals surface area contributed by atoms with Gasteiger partial charge in [0, 0.05) is 31.4 Å². The van der Waals surface area contributed by atoms with E-state index in [1.54, 1.807) is 6.20 Å². The second-order valence-corrected chi connectivity index (χ2v) is 7.78. The maximum Gasteiger partial charge on any atom is 0.242 e. The molecule has 2 aromatic rings. The molecule has 0 aliphatic carbocycles. The number of benzene rings is 1. The van der Waals surface area contributed by atoms with E-state index in [2.05, 4.69) is 23.6 Å². The monoisotopic (exact) mass is 366 g/mol. The molecular weight excluding hydrogens is 348 g/mol. The van der Waals surface area contributed by atoms with Crippen LogP contribution in [-0.2, 0) is 16.6 Å². The molecule has 1 aromatic heterocycles. The summed E-state index contributed by atoms with van der Waals surface area (Å²) in [5.41, 5.74) is 0.320. The van der Waals surface area contributed by atoms with Crippen LogP contribution in [-0.4, -0.2) is 24.5 Å². The van der Waals surface area contributed by atoms with Gasteiger partial charge in [-0.3, -0.25) is 0 Å². The molecule has 24 heavy (non-hydrogen) atoms. The Hall–Kier alpha value is -1.88. The standard InChI is InChI=1S/C16H19ClN4O2S/c1-12(2)16-19-7-9-21(16)8-3-6-20-24(22,23)15-5-4-13(11-18)10-14(15)17/h4-5,7,9-10,12,20H,3,6,8H2,1-2H3. The van der Waals surface area contributed by atoms with Gasteiger partial charge in [-0.05, 0) is 24.6 Å². The second-order valence-electron chi connectivity index (χ2n) is 5.64. The summed E-state index contributed by atoms with van der Waals surface area (Å²) in [7, 11) is -3.70. The summed E-state index contributed by atoms with van der Waals surface area (Å²) < 4.78 is 29.1. The molecule has 0 aliphatic rings. The van der Waals surface area contributed by atoms with Gasteiger partial charge in [-0.2, -0.15) is 5.26 Å². The van der Waals surface area contributed by atoms with Crippen LogP contribution in [0.25, 0.3) is 0 Å². The van der Waals surface area contributed by atoms with Crippen molar-refractivity contribution in [1.29, 1.82) is 5.26 Å². The average Bonchev–Trinajstić information content (AvgIpc) is 3.00. The fourth-order valence-electron chi connectivity index (χ4n) is 2.33. The molecule has 6 nitrogen and oxygen atoms in total. The fourth-order valence-corrected chi connectivity index (χ4v) is 3.95. The van der Waals surface area contributed by atoms with E-state index < -0.39 is 10.0 Å². The number of nitrogens with one attached hydrogen (secondary N) is 1. The molecule has 0 spiro atoms. The van der Waals surface area contributed by atoms with Gasteiger partial charge >= 0.3 is 0 Å². The Morgan fingerprint density at radius 3 is 2.79 bits per heavy atom. The van der Waals surface area contributed by atoms with Gasteiger partial charge in [0.25, 0.3) is 0 Å². The Kier molecular flexibility index (Phi) is 5.99. The van der Waals surface area contributed by atoms with Gasteiger partial charge < -0.3 is 4.57 Å². The molecule has 0 saturated heterocycles. The smallest absolute Gasteiger partial charge is 0.242 e. The molecule has 1 aromatic carbocycles. The molecule has 0 bridgehead atoms. The lowest BCUT2D eigenvalue weighted by molar-refractivity contribution is 0.559. The van der Waals surface area contributed by atoms with Crippen LogP contribution in [0.3, 0.4) is 0 Å². The van der Waals surface area contributed by atoms with Crippen molar-refractivity contribution in [2.45, 2.75) is 37.6 Å². The molecule has 128 valence electrons. The van der Waals surface area contributed by atoms with Crippen LogP contribution in [0.15, 0.2) is 35.5 Å². The SMILES string of the molecule is CC(C)c1nccn1CCCNS(=O)(=O)c1ccc(C#N)cc1Cl. The molecule has 0 radical (unpaired) electrons. The van der Waals surface area contributed by atoms with Crippen LogP contribution in [0, 0.1) is 11.3 Å². The molecule has 0 saturated carbocycles. The Balaban J connectivity index is 1.96. The van der Waals surface area contributed by atoms with Crippen molar-refractivity contribution in [3.05, 3.63) is 47.0 Å². The van der Waals surface area contributed by atoms with Gasteiger partial charge in [0.2, 0.25) is 10.0 Å². The maximum absolute atomic E-state index is 12.3. The predicted molar refractivity (Wildman–Crippen MR) is 92.3 cm³/mol. The van der Waals surface area contributed by atoms with E-state index in [0.717, 1.165) is 5.82 Å². The summed E-state index contributed by atoms with van der Waals surface area (Å²) in [4.78, 5) is 4.28. The van der Waals surface area contributed by atoms with Gasteiger partial charge in [0.05, 0.1) is 16.7 Å². The molecule has 8 heteroatoms. The molecule has 0 fully saturated rings. The molecule has 0 aliphatic heterocycles. The van der Waals surface area contributed by atoms with E-state index in [1.165, 1.54) is 18.2 Å². The van der Waals surface area contributed by atoms with Gasteiger partial charge in [-0.15, -0.1) is 0 Å². The average molecular weight is 367 g/mol. The van der Waals surface area contributed by atoms with Crippen LogP contribution in [0.1, 0.15) is 37.6 Å². The summed E-state index contributed by atoms with van der Waals surface area (Å²) in [5.74, 6) is 1.29.